The zero-order chi connectivity index (χ0) is 5.11. The fraction of sp³-hybridized carbons (Fsp3) is 0. The van der Waals surface area contributed by atoms with E-state index in [4.69, 9.17) is 0 Å². The third kappa shape index (κ3) is 0.623. The highest BCUT2D eigenvalue weighted by Gasteiger charge is 1.90. The standard InChI is InChI=1S/C3HN2O2/c6-1-3-4-2-7-5-3/h2H. The lowest BCUT2D eigenvalue weighted by Gasteiger charge is -1.58. The monoisotopic (exact) mass is 97.0 g/mol. The summed E-state index contributed by atoms with van der Waals surface area (Å²) in [5, 5.41) is 3.12. The molecule has 0 atom stereocenters. The van der Waals surface area contributed by atoms with Crippen molar-refractivity contribution in [2.75, 3.05) is 0 Å². The molecule has 0 unspecified atom stereocenters. The van der Waals surface area contributed by atoms with Gasteiger partial charge in [-0.25, -0.2) is 0 Å². The number of carbonyl (C=O) groups excluding carboxylic acids is 1. The van der Waals surface area contributed by atoms with E-state index in [1.807, 2.05) is 0 Å². The quantitative estimate of drug-likeness (QED) is 0.475. The molecule has 4 nitrogen and oxygen atoms in total. The Morgan fingerprint density at radius 1 is 1.86 bits per heavy atom. The number of aromatic nitrogens is 2. The first-order chi connectivity index (χ1) is 3.43. The minimum atomic E-state index is -0.0417. The van der Waals surface area contributed by atoms with Crippen molar-refractivity contribution in [3.8, 4) is 0 Å². The molecule has 0 aliphatic rings. The van der Waals surface area contributed by atoms with Gasteiger partial charge in [0.2, 0.25) is 12.2 Å². The first kappa shape index (κ1) is 3.98. The van der Waals surface area contributed by atoms with Crippen LogP contribution in [0, 0.1) is 0 Å². The fourth-order valence-corrected chi connectivity index (χ4v) is 0.216. The highest BCUT2D eigenvalue weighted by Crippen LogP contribution is 1.77. The van der Waals surface area contributed by atoms with Gasteiger partial charge in [0, 0.05) is 0 Å². The number of hydrogen-bond donors (Lipinski definition) is 0. The van der Waals surface area contributed by atoms with Crippen LogP contribution in [0.1, 0.15) is 5.82 Å². The lowest BCUT2D eigenvalue weighted by molar-refractivity contribution is 0.414. The molecule has 1 aromatic heterocycles. The van der Waals surface area contributed by atoms with Crippen molar-refractivity contribution in [2.45, 2.75) is 0 Å². The van der Waals surface area contributed by atoms with Gasteiger partial charge in [0.25, 0.3) is 6.29 Å². The highest BCUT2D eigenvalue weighted by molar-refractivity contribution is 5.68. The summed E-state index contributed by atoms with van der Waals surface area (Å²) in [5.74, 6) is -0.0417. The molecule has 0 N–H and O–H groups in total. The zero-order valence-corrected chi connectivity index (χ0v) is 3.29. The smallest absolute Gasteiger partial charge is 0.277 e. The van der Waals surface area contributed by atoms with Crippen LogP contribution in [0.4, 0.5) is 0 Å². The van der Waals surface area contributed by atoms with Crippen LogP contribution in [0.5, 0.6) is 0 Å². The first-order valence-electron chi connectivity index (χ1n) is 1.58. The number of rotatable bonds is 1. The summed E-state index contributed by atoms with van der Waals surface area (Å²) in [6.07, 6.45) is 2.51. The molecule has 35 valence electrons. The molecule has 0 bridgehead atoms. The van der Waals surface area contributed by atoms with Crippen molar-refractivity contribution in [3.05, 3.63) is 12.2 Å². The number of hydrogen-bond acceptors (Lipinski definition) is 4. The summed E-state index contributed by atoms with van der Waals surface area (Å²) in [5.41, 5.74) is 0. The molecule has 0 spiro atoms. The van der Waals surface area contributed by atoms with Crippen LogP contribution in [-0.4, -0.2) is 16.4 Å². The second-order valence-corrected chi connectivity index (χ2v) is 0.857. The van der Waals surface area contributed by atoms with Crippen LogP contribution >= 0.6 is 0 Å². The van der Waals surface area contributed by atoms with Crippen molar-refractivity contribution in [2.24, 2.45) is 0 Å². The van der Waals surface area contributed by atoms with E-state index in [2.05, 4.69) is 14.7 Å². The molecule has 1 aromatic rings. The SMILES string of the molecule is O=[C]c1ncon1. The van der Waals surface area contributed by atoms with Gasteiger partial charge in [-0.3, -0.25) is 4.79 Å². The predicted molar refractivity (Wildman–Crippen MR) is 19.1 cm³/mol. The van der Waals surface area contributed by atoms with Crippen LogP contribution in [0.15, 0.2) is 10.9 Å². The van der Waals surface area contributed by atoms with Crippen molar-refractivity contribution >= 4 is 6.29 Å². The third-order valence-corrected chi connectivity index (χ3v) is 0.453. The molecular formula is C3HN2O2. The lowest BCUT2D eigenvalue weighted by Crippen LogP contribution is -1.78. The largest absolute Gasteiger partial charge is 0.342 e. The Bertz CT molecular complexity index is 146. The lowest BCUT2D eigenvalue weighted by atomic mass is 10.7. The van der Waals surface area contributed by atoms with Crippen LogP contribution in [0.25, 0.3) is 0 Å². The summed E-state index contributed by atoms with van der Waals surface area (Å²) in [4.78, 5) is 12.9. The van der Waals surface area contributed by atoms with Crippen molar-refractivity contribution in [1.82, 2.24) is 10.1 Å². The molecule has 1 rings (SSSR count). The van der Waals surface area contributed by atoms with Gasteiger partial charge in [-0.2, -0.15) is 4.98 Å². The Morgan fingerprint density at radius 3 is 3.00 bits per heavy atom. The molecule has 1 heterocycles. The van der Waals surface area contributed by atoms with Gasteiger partial charge >= 0.3 is 0 Å². The summed E-state index contributed by atoms with van der Waals surface area (Å²) < 4.78 is 4.18. The molecule has 7 heavy (non-hydrogen) atoms. The predicted octanol–water partition coefficient (Wildman–Crippen LogP) is -0.473. The average molecular weight is 97.1 g/mol. The van der Waals surface area contributed by atoms with Gasteiger partial charge in [-0.15, -0.1) is 0 Å². The maximum Gasteiger partial charge on any atom is 0.277 e. The molecule has 0 aliphatic carbocycles. The Kier molecular flexibility index (Phi) is 0.856. The van der Waals surface area contributed by atoms with Gasteiger partial charge in [0.1, 0.15) is 0 Å². The molecule has 0 saturated heterocycles. The van der Waals surface area contributed by atoms with E-state index in [1.54, 1.807) is 0 Å². The Hall–Kier alpha value is -1.19. The maximum absolute atomic E-state index is 9.56. The van der Waals surface area contributed by atoms with Crippen LogP contribution in [0.2, 0.25) is 0 Å². The third-order valence-electron chi connectivity index (χ3n) is 0.453. The molecule has 0 amide bonds. The Morgan fingerprint density at radius 2 is 2.71 bits per heavy atom. The molecule has 0 aromatic carbocycles. The van der Waals surface area contributed by atoms with Crippen molar-refractivity contribution in [1.29, 1.82) is 0 Å². The second-order valence-electron chi connectivity index (χ2n) is 0.857. The van der Waals surface area contributed by atoms with E-state index in [-0.39, 0.29) is 5.82 Å². The van der Waals surface area contributed by atoms with Crippen LogP contribution < -0.4 is 0 Å². The molecule has 4 heteroatoms. The zero-order valence-electron chi connectivity index (χ0n) is 3.29. The second kappa shape index (κ2) is 1.51. The molecule has 0 aliphatic heterocycles. The summed E-state index contributed by atoms with van der Waals surface area (Å²) in [7, 11) is 0. The Labute approximate surface area is 39.1 Å². The van der Waals surface area contributed by atoms with Crippen molar-refractivity contribution < 1.29 is 9.32 Å². The minimum Gasteiger partial charge on any atom is -0.342 e. The summed E-state index contributed by atoms with van der Waals surface area (Å²) in [6, 6.07) is 0. The summed E-state index contributed by atoms with van der Waals surface area (Å²) >= 11 is 0. The molecule has 0 fully saturated rings. The van der Waals surface area contributed by atoms with Crippen LogP contribution in [-0.2, 0) is 4.79 Å². The minimum absolute atomic E-state index is 0.0417. The maximum atomic E-state index is 9.56. The van der Waals surface area contributed by atoms with E-state index in [1.165, 1.54) is 6.29 Å². The molecule has 0 saturated carbocycles. The molecular weight excluding hydrogens is 96.0 g/mol. The topological polar surface area (TPSA) is 56.0 Å². The summed E-state index contributed by atoms with van der Waals surface area (Å²) in [6.45, 7) is 0. The van der Waals surface area contributed by atoms with Gasteiger partial charge < -0.3 is 4.52 Å². The van der Waals surface area contributed by atoms with E-state index < -0.39 is 0 Å². The number of nitrogens with zero attached hydrogens (tertiary/aromatic N) is 2. The van der Waals surface area contributed by atoms with Crippen LogP contribution in [0.3, 0.4) is 0 Å². The van der Waals surface area contributed by atoms with E-state index in [0.717, 1.165) is 6.39 Å². The van der Waals surface area contributed by atoms with E-state index in [0.29, 0.717) is 0 Å². The normalized spacial score (nSPS) is 8.57. The molecule has 1 radical (unpaired) electrons. The van der Waals surface area contributed by atoms with Gasteiger partial charge in [0.15, 0.2) is 0 Å². The van der Waals surface area contributed by atoms with E-state index >= 15 is 0 Å². The first-order valence-corrected chi connectivity index (χ1v) is 1.58. The Balaban J connectivity index is 2.96. The van der Waals surface area contributed by atoms with Gasteiger partial charge in [-0.05, 0) is 0 Å². The van der Waals surface area contributed by atoms with Gasteiger partial charge in [0.05, 0.1) is 0 Å². The van der Waals surface area contributed by atoms with E-state index in [9.17, 15) is 4.79 Å². The van der Waals surface area contributed by atoms with Gasteiger partial charge in [-0.1, -0.05) is 5.16 Å². The van der Waals surface area contributed by atoms with Crippen molar-refractivity contribution in [3.63, 3.8) is 0 Å². The highest BCUT2D eigenvalue weighted by atomic mass is 16.5. The fourth-order valence-electron chi connectivity index (χ4n) is 0.216. The average Bonchev–Trinajstić information content (AvgIpc) is 2.14.